The molecule has 6 atom stereocenters. The standard InChI is InChI=1S/C29H51N3O5/c1-10-14-30-23(34)20-21-25(36)32(19(16-33)15-18(3)4)22(29(21)13-12-28(20,11-2)37-29)24(35)31-27(8,9)17-26(5,6)7/h18-22,33H,10-17H2,1-9H3,(H,30,34)(H,31,35)/t19-,20+,21+,22?,28-,29?/m1/s1. The first kappa shape index (κ1) is 29.9. The van der Waals surface area contributed by atoms with Gasteiger partial charge in [0.2, 0.25) is 17.7 Å². The fraction of sp³-hybridized carbons (Fsp3) is 0.897. The van der Waals surface area contributed by atoms with Crippen molar-refractivity contribution in [1.82, 2.24) is 15.5 Å². The Bertz CT molecular complexity index is 881. The minimum absolute atomic E-state index is 0.00883. The largest absolute Gasteiger partial charge is 0.394 e. The molecule has 0 aliphatic carbocycles. The molecule has 3 saturated heterocycles. The van der Waals surface area contributed by atoms with Crippen molar-refractivity contribution in [2.45, 2.75) is 130 Å². The van der Waals surface area contributed by atoms with Crippen LogP contribution in [-0.4, -0.2) is 69.7 Å². The quantitative estimate of drug-likeness (QED) is 0.386. The maximum Gasteiger partial charge on any atom is 0.246 e. The van der Waals surface area contributed by atoms with Crippen LogP contribution in [0.5, 0.6) is 0 Å². The third kappa shape index (κ3) is 5.42. The maximum atomic E-state index is 14.3. The van der Waals surface area contributed by atoms with E-state index in [2.05, 4.69) is 31.4 Å². The fourth-order valence-corrected chi connectivity index (χ4v) is 7.70. The predicted octanol–water partition coefficient (Wildman–Crippen LogP) is 3.41. The number of likely N-dealkylation sites (tertiary alicyclic amines) is 1. The number of ether oxygens (including phenoxy) is 1. The monoisotopic (exact) mass is 521 g/mol. The first-order valence-corrected chi connectivity index (χ1v) is 14.3. The number of aliphatic hydroxyl groups excluding tert-OH is 1. The minimum atomic E-state index is -1.08. The Hall–Kier alpha value is -1.67. The van der Waals surface area contributed by atoms with Gasteiger partial charge >= 0.3 is 0 Å². The molecular weight excluding hydrogens is 470 g/mol. The van der Waals surface area contributed by atoms with E-state index in [-0.39, 0.29) is 35.7 Å². The second kappa shape index (κ2) is 10.5. The van der Waals surface area contributed by atoms with Gasteiger partial charge < -0.3 is 25.4 Å². The first-order chi connectivity index (χ1) is 17.1. The molecule has 3 amide bonds. The summed E-state index contributed by atoms with van der Waals surface area (Å²) in [5, 5.41) is 16.7. The lowest BCUT2D eigenvalue weighted by atomic mass is 9.65. The number of nitrogens with one attached hydrogen (secondary N) is 2. The van der Waals surface area contributed by atoms with E-state index in [1.807, 2.05) is 41.5 Å². The van der Waals surface area contributed by atoms with Gasteiger partial charge in [-0.1, -0.05) is 48.5 Å². The van der Waals surface area contributed by atoms with E-state index in [9.17, 15) is 19.5 Å². The molecule has 0 aromatic heterocycles. The Kier molecular flexibility index (Phi) is 8.46. The molecule has 2 bridgehead atoms. The fourth-order valence-electron chi connectivity index (χ4n) is 7.70. The van der Waals surface area contributed by atoms with Crippen LogP contribution < -0.4 is 10.6 Å². The lowest BCUT2D eigenvalue weighted by molar-refractivity contribution is -0.152. The smallest absolute Gasteiger partial charge is 0.246 e. The van der Waals surface area contributed by atoms with Gasteiger partial charge in [0, 0.05) is 12.1 Å². The van der Waals surface area contributed by atoms with Crippen molar-refractivity contribution in [3.8, 4) is 0 Å². The zero-order chi connectivity index (χ0) is 28.0. The van der Waals surface area contributed by atoms with Crippen LogP contribution in [0.4, 0.5) is 0 Å². The lowest BCUT2D eigenvalue weighted by Gasteiger charge is -2.40. The predicted molar refractivity (Wildman–Crippen MR) is 144 cm³/mol. The zero-order valence-electron chi connectivity index (χ0n) is 24.6. The molecule has 0 radical (unpaired) electrons. The molecule has 3 N–H and O–H groups in total. The zero-order valence-corrected chi connectivity index (χ0v) is 24.6. The van der Waals surface area contributed by atoms with Gasteiger partial charge in [-0.15, -0.1) is 0 Å². The van der Waals surface area contributed by atoms with Crippen molar-refractivity contribution >= 4 is 17.7 Å². The number of fused-ring (bicyclic) bond motifs is 1. The molecule has 1 spiro atoms. The van der Waals surface area contributed by atoms with Gasteiger partial charge in [0.05, 0.1) is 30.1 Å². The van der Waals surface area contributed by atoms with Crippen LogP contribution in [0.25, 0.3) is 0 Å². The molecule has 3 rings (SSSR count). The average Bonchev–Trinajstić information content (AvgIpc) is 3.37. The second-order valence-electron chi connectivity index (χ2n) is 13.9. The molecule has 3 heterocycles. The summed E-state index contributed by atoms with van der Waals surface area (Å²) < 4.78 is 6.82. The Morgan fingerprint density at radius 2 is 1.78 bits per heavy atom. The first-order valence-electron chi connectivity index (χ1n) is 14.3. The molecule has 3 fully saturated rings. The van der Waals surface area contributed by atoms with Crippen molar-refractivity contribution in [1.29, 1.82) is 0 Å². The van der Waals surface area contributed by atoms with Gasteiger partial charge in [-0.25, -0.2) is 0 Å². The Labute approximate surface area is 223 Å². The molecule has 0 aromatic carbocycles. The summed E-state index contributed by atoms with van der Waals surface area (Å²) in [7, 11) is 0. The molecule has 2 unspecified atom stereocenters. The number of carbonyl (C=O) groups excluding carboxylic acids is 3. The summed E-state index contributed by atoms with van der Waals surface area (Å²) in [6.07, 6.45) is 3.88. The number of aliphatic hydroxyl groups is 1. The van der Waals surface area contributed by atoms with Crippen molar-refractivity contribution < 1.29 is 24.2 Å². The highest BCUT2D eigenvalue weighted by Crippen LogP contribution is 2.64. The molecule has 0 aromatic rings. The summed E-state index contributed by atoms with van der Waals surface area (Å²) in [5.74, 6) is -1.82. The van der Waals surface area contributed by atoms with Gasteiger partial charge in [-0.05, 0) is 63.7 Å². The molecule has 0 saturated carbocycles. The maximum absolute atomic E-state index is 14.3. The third-order valence-corrected chi connectivity index (χ3v) is 8.48. The SMILES string of the molecule is CCCNC(=O)[C@@H]1[C@H]2C(=O)N([C@@H](CO)CC(C)C)C(C(=O)NC(C)(C)CC(C)(C)C)C23CC[C@@]1(CC)O3. The van der Waals surface area contributed by atoms with Crippen LogP contribution in [0.15, 0.2) is 0 Å². The molecule has 8 heteroatoms. The Morgan fingerprint density at radius 1 is 1.14 bits per heavy atom. The van der Waals surface area contributed by atoms with Crippen molar-refractivity contribution in [2.24, 2.45) is 23.2 Å². The lowest BCUT2D eigenvalue weighted by Crippen LogP contribution is -2.61. The van der Waals surface area contributed by atoms with Gasteiger partial charge in [0.1, 0.15) is 11.6 Å². The summed E-state index contributed by atoms with van der Waals surface area (Å²) in [6, 6.07) is -1.41. The van der Waals surface area contributed by atoms with Gasteiger partial charge in [-0.2, -0.15) is 0 Å². The van der Waals surface area contributed by atoms with Crippen molar-refractivity contribution in [3.63, 3.8) is 0 Å². The van der Waals surface area contributed by atoms with Crippen molar-refractivity contribution in [3.05, 3.63) is 0 Å². The van der Waals surface area contributed by atoms with E-state index in [0.717, 1.165) is 12.8 Å². The number of carbonyl (C=O) groups is 3. The normalized spacial score (nSPS) is 32.1. The van der Waals surface area contributed by atoms with Crippen LogP contribution in [0.3, 0.4) is 0 Å². The number of rotatable bonds is 11. The average molecular weight is 522 g/mol. The third-order valence-electron chi connectivity index (χ3n) is 8.48. The molecule has 8 nitrogen and oxygen atoms in total. The van der Waals surface area contributed by atoms with E-state index in [4.69, 9.17) is 4.74 Å². The highest BCUT2D eigenvalue weighted by molar-refractivity contribution is 5.99. The van der Waals surface area contributed by atoms with Crippen molar-refractivity contribution in [2.75, 3.05) is 13.2 Å². The molecule has 37 heavy (non-hydrogen) atoms. The van der Waals surface area contributed by atoms with Crippen LogP contribution >= 0.6 is 0 Å². The number of nitrogens with zero attached hydrogens (tertiary/aromatic N) is 1. The number of hydrogen-bond donors (Lipinski definition) is 3. The van der Waals surface area contributed by atoms with E-state index < -0.39 is 40.7 Å². The summed E-state index contributed by atoms with van der Waals surface area (Å²) in [6.45, 7) is 18.8. The van der Waals surface area contributed by atoms with Gasteiger partial charge in [0.15, 0.2) is 0 Å². The minimum Gasteiger partial charge on any atom is -0.394 e. The van der Waals surface area contributed by atoms with E-state index >= 15 is 0 Å². The number of hydrogen-bond acceptors (Lipinski definition) is 5. The van der Waals surface area contributed by atoms with Crippen LogP contribution in [0.2, 0.25) is 0 Å². The van der Waals surface area contributed by atoms with E-state index in [1.54, 1.807) is 4.90 Å². The Morgan fingerprint density at radius 3 is 2.30 bits per heavy atom. The molecule has 3 aliphatic heterocycles. The van der Waals surface area contributed by atoms with Crippen LogP contribution in [0.1, 0.15) is 101 Å². The summed E-state index contributed by atoms with van der Waals surface area (Å²) >= 11 is 0. The summed E-state index contributed by atoms with van der Waals surface area (Å²) in [4.78, 5) is 43.6. The van der Waals surface area contributed by atoms with Gasteiger partial charge in [0.25, 0.3) is 0 Å². The second-order valence-corrected chi connectivity index (χ2v) is 13.9. The van der Waals surface area contributed by atoms with Crippen LogP contribution in [0, 0.1) is 23.2 Å². The van der Waals surface area contributed by atoms with Gasteiger partial charge in [-0.3, -0.25) is 14.4 Å². The highest BCUT2D eigenvalue weighted by Gasteiger charge is 2.79. The van der Waals surface area contributed by atoms with E-state index in [0.29, 0.717) is 32.2 Å². The molecular formula is C29H51N3O5. The van der Waals surface area contributed by atoms with E-state index in [1.165, 1.54) is 0 Å². The number of amides is 3. The Balaban J connectivity index is 2.09. The summed E-state index contributed by atoms with van der Waals surface area (Å²) in [5.41, 5.74) is -2.35. The molecule has 3 aliphatic rings. The van der Waals surface area contributed by atoms with Crippen LogP contribution in [-0.2, 0) is 19.1 Å². The highest BCUT2D eigenvalue weighted by atomic mass is 16.5. The molecule has 212 valence electrons. The topological polar surface area (TPSA) is 108 Å².